The largest absolute Gasteiger partial charge is 0.324 e. The van der Waals surface area contributed by atoms with Gasteiger partial charge in [0.1, 0.15) is 0 Å². The minimum Gasteiger partial charge on any atom is -0.324 e. The summed E-state index contributed by atoms with van der Waals surface area (Å²) in [5, 5.41) is 4.96. The van der Waals surface area contributed by atoms with Gasteiger partial charge in [-0.15, -0.1) is 0 Å². The van der Waals surface area contributed by atoms with Crippen LogP contribution in [0.4, 0.5) is 0 Å². The Morgan fingerprint density at radius 3 is 1.88 bits per heavy atom. The van der Waals surface area contributed by atoms with Crippen LogP contribution in [0.15, 0.2) is 10.4 Å². The van der Waals surface area contributed by atoms with Gasteiger partial charge >= 0.3 is 0 Å². The lowest BCUT2D eigenvalue weighted by molar-refractivity contribution is 0.689. The third-order valence-corrected chi connectivity index (χ3v) is 0.618. The van der Waals surface area contributed by atoms with Crippen LogP contribution in [-0.2, 0) is 0 Å². The first kappa shape index (κ1) is 7.16. The summed E-state index contributed by atoms with van der Waals surface area (Å²) in [5.74, 6) is 0. The predicted octanol–water partition coefficient (Wildman–Crippen LogP) is -0.153. The van der Waals surface area contributed by atoms with E-state index in [1.807, 2.05) is 0 Å². The van der Waals surface area contributed by atoms with Gasteiger partial charge in [-0.25, -0.2) is 0 Å². The molecule has 8 heavy (non-hydrogen) atoms. The molecule has 0 aliphatic rings. The Morgan fingerprint density at radius 1 is 1.25 bits per heavy atom. The molecule has 0 aromatic rings. The van der Waals surface area contributed by atoms with Gasteiger partial charge in [0.05, 0.1) is 19.1 Å². The molecule has 0 saturated heterocycles. The van der Waals surface area contributed by atoms with Gasteiger partial charge in [-0.2, -0.15) is 9.81 Å². The monoisotopic (exact) mass is 117 g/mol. The second-order valence-corrected chi connectivity index (χ2v) is 1.38. The lowest BCUT2D eigenvalue weighted by Crippen LogP contribution is -2.26. The van der Waals surface area contributed by atoms with Crippen LogP contribution in [0.1, 0.15) is 0 Å². The van der Waals surface area contributed by atoms with Crippen molar-refractivity contribution in [3.05, 3.63) is 9.81 Å². The highest BCUT2D eigenvalue weighted by Crippen LogP contribution is 1.79. The summed E-state index contributed by atoms with van der Waals surface area (Å²) >= 11 is 0. The Labute approximate surface area is 46.2 Å². The number of nitroso groups, excluding NO2 is 2. The molecule has 0 rings (SSSR count). The molecule has 0 saturated carbocycles. The van der Waals surface area contributed by atoms with E-state index in [9.17, 15) is 9.81 Å². The maximum Gasteiger partial charge on any atom is 0.0981 e. The molecule has 46 valence electrons. The molecule has 0 bridgehead atoms. The van der Waals surface area contributed by atoms with Gasteiger partial charge in [0.15, 0.2) is 0 Å². The molecule has 0 unspecified atom stereocenters. The van der Waals surface area contributed by atoms with Crippen molar-refractivity contribution in [2.24, 2.45) is 16.1 Å². The van der Waals surface area contributed by atoms with Crippen molar-refractivity contribution in [1.29, 1.82) is 0 Å². The summed E-state index contributed by atoms with van der Waals surface area (Å²) in [5.41, 5.74) is 5.11. The summed E-state index contributed by atoms with van der Waals surface area (Å²) in [6, 6.07) is -0.495. The second-order valence-electron chi connectivity index (χ2n) is 1.38. The zero-order valence-corrected chi connectivity index (χ0v) is 4.28. The number of nitrogens with zero attached hydrogens (tertiary/aromatic N) is 2. The van der Waals surface area contributed by atoms with E-state index in [4.69, 9.17) is 5.73 Å². The molecule has 5 nitrogen and oxygen atoms in total. The third kappa shape index (κ3) is 3.35. The minimum absolute atomic E-state index is 0.0360. The smallest absolute Gasteiger partial charge is 0.0981 e. The standard InChI is InChI=1S/C3H7N3O2/c4-3(1-5-7)2-6-8/h3H,1-2,4H2. The van der Waals surface area contributed by atoms with Crippen molar-refractivity contribution in [2.75, 3.05) is 13.1 Å². The van der Waals surface area contributed by atoms with Crippen LogP contribution in [0.5, 0.6) is 0 Å². The first-order valence-corrected chi connectivity index (χ1v) is 2.15. The van der Waals surface area contributed by atoms with E-state index >= 15 is 0 Å². The van der Waals surface area contributed by atoms with E-state index in [2.05, 4.69) is 10.4 Å². The Kier molecular flexibility index (Phi) is 3.87. The van der Waals surface area contributed by atoms with E-state index in [1.54, 1.807) is 0 Å². The molecule has 0 atom stereocenters. The average molecular weight is 117 g/mol. The second kappa shape index (κ2) is 4.32. The highest BCUT2D eigenvalue weighted by Gasteiger charge is 1.99. The van der Waals surface area contributed by atoms with Crippen LogP contribution in [0.2, 0.25) is 0 Å². The van der Waals surface area contributed by atoms with Crippen LogP contribution in [-0.4, -0.2) is 19.1 Å². The van der Waals surface area contributed by atoms with Gasteiger partial charge in [-0.05, 0) is 0 Å². The topological polar surface area (TPSA) is 84.9 Å². The van der Waals surface area contributed by atoms with Crippen LogP contribution in [0, 0.1) is 9.81 Å². The summed E-state index contributed by atoms with van der Waals surface area (Å²) in [7, 11) is 0. The van der Waals surface area contributed by atoms with Crippen molar-refractivity contribution in [3.8, 4) is 0 Å². The Hall–Kier alpha value is -0.840. The summed E-state index contributed by atoms with van der Waals surface area (Å²) in [4.78, 5) is 18.8. The third-order valence-electron chi connectivity index (χ3n) is 0.618. The Bertz CT molecular complexity index is 74.6. The molecule has 0 aliphatic heterocycles. The highest BCUT2D eigenvalue weighted by atomic mass is 16.3. The molecular formula is C3H7N3O2. The van der Waals surface area contributed by atoms with Crippen LogP contribution in [0.25, 0.3) is 0 Å². The van der Waals surface area contributed by atoms with Crippen molar-refractivity contribution in [1.82, 2.24) is 0 Å². The van der Waals surface area contributed by atoms with E-state index in [0.29, 0.717) is 0 Å². The maximum atomic E-state index is 9.42. The highest BCUT2D eigenvalue weighted by molar-refractivity contribution is 4.65. The fourth-order valence-electron chi connectivity index (χ4n) is 0.249. The van der Waals surface area contributed by atoms with Gasteiger partial charge in [-0.1, -0.05) is 10.4 Å². The number of hydrogen-bond acceptors (Lipinski definition) is 5. The molecule has 0 amide bonds. The lowest BCUT2D eigenvalue weighted by atomic mass is 10.3. The van der Waals surface area contributed by atoms with E-state index in [0.717, 1.165) is 0 Å². The first-order valence-electron chi connectivity index (χ1n) is 2.15. The van der Waals surface area contributed by atoms with Gasteiger partial charge in [0.2, 0.25) is 0 Å². The summed E-state index contributed by atoms with van der Waals surface area (Å²) < 4.78 is 0. The molecule has 0 fully saturated rings. The number of hydrogen-bond donors (Lipinski definition) is 1. The summed E-state index contributed by atoms with van der Waals surface area (Å²) in [6.45, 7) is -0.0719. The molecule has 0 heterocycles. The van der Waals surface area contributed by atoms with E-state index in [-0.39, 0.29) is 13.1 Å². The van der Waals surface area contributed by atoms with Gasteiger partial charge in [0.25, 0.3) is 0 Å². The van der Waals surface area contributed by atoms with Gasteiger partial charge in [-0.3, -0.25) is 0 Å². The molecule has 0 spiro atoms. The Morgan fingerprint density at radius 2 is 1.62 bits per heavy atom. The maximum absolute atomic E-state index is 9.42. The molecule has 2 N–H and O–H groups in total. The number of nitrogens with two attached hydrogens (primary N) is 1. The van der Waals surface area contributed by atoms with Gasteiger partial charge in [0, 0.05) is 0 Å². The van der Waals surface area contributed by atoms with E-state index in [1.165, 1.54) is 0 Å². The summed E-state index contributed by atoms with van der Waals surface area (Å²) in [6.07, 6.45) is 0. The molecule has 0 aromatic heterocycles. The van der Waals surface area contributed by atoms with Gasteiger partial charge < -0.3 is 5.73 Å². The minimum atomic E-state index is -0.495. The van der Waals surface area contributed by atoms with Crippen molar-refractivity contribution in [3.63, 3.8) is 0 Å². The molecule has 0 radical (unpaired) electrons. The molecule has 0 aliphatic carbocycles. The van der Waals surface area contributed by atoms with Crippen molar-refractivity contribution in [2.45, 2.75) is 6.04 Å². The van der Waals surface area contributed by atoms with Crippen molar-refractivity contribution < 1.29 is 0 Å². The average Bonchev–Trinajstić information content (AvgIpc) is 1.68. The first-order chi connectivity index (χ1) is 3.81. The molecular weight excluding hydrogens is 110 g/mol. The van der Waals surface area contributed by atoms with Crippen LogP contribution < -0.4 is 5.73 Å². The molecule has 0 aromatic carbocycles. The van der Waals surface area contributed by atoms with Crippen LogP contribution in [0.3, 0.4) is 0 Å². The zero-order valence-electron chi connectivity index (χ0n) is 4.28. The SMILES string of the molecule is NC(CN=O)CN=O. The quantitative estimate of drug-likeness (QED) is 0.519. The normalized spacial score (nSPS) is 9.25. The predicted molar refractivity (Wildman–Crippen MR) is 29.3 cm³/mol. The fraction of sp³-hybridized carbons (Fsp3) is 1.00. The molecule has 5 heteroatoms. The van der Waals surface area contributed by atoms with Crippen molar-refractivity contribution >= 4 is 0 Å². The van der Waals surface area contributed by atoms with Crippen LogP contribution >= 0.6 is 0 Å². The number of rotatable bonds is 4. The lowest BCUT2D eigenvalue weighted by Gasteiger charge is -1.96. The Balaban J connectivity index is 3.16. The van der Waals surface area contributed by atoms with E-state index < -0.39 is 6.04 Å². The zero-order chi connectivity index (χ0) is 6.41. The fourth-order valence-corrected chi connectivity index (χ4v) is 0.249.